The van der Waals surface area contributed by atoms with Crippen molar-refractivity contribution < 1.29 is 9.53 Å². The summed E-state index contributed by atoms with van der Waals surface area (Å²) in [6, 6.07) is 7.40. The summed E-state index contributed by atoms with van der Waals surface area (Å²) in [5, 5.41) is 8.95. The minimum Gasteiger partial charge on any atom is -0.497 e. The van der Waals surface area contributed by atoms with Crippen LogP contribution in [0.25, 0.3) is 0 Å². The third-order valence-electron chi connectivity index (χ3n) is 5.53. The largest absolute Gasteiger partial charge is 0.497 e. The Labute approximate surface area is 154 Å². The quantitative estimate of drug-likeness (QED) is 0.850. The number of carbonyl (C=O) groups excluding carboxylic acids is 1. The third-order valence-corrected chi connectivity index (χ3v) is 5.53. The average molecular weight is 354 g/mol. The van der Waals surface area contributed by atoms with Crippen LogP contribution in [0.4, 0.5) is 0 Å². The van der Waals surface area contributed by atoms with Crippen molar-refractivity contribution in [3.63, 3.8) is 0 Å². The summed E-state index contributed by atoms with van der Waals surface area (Å²) >= 11 is 0. The van der Waals surface area contributed by atoms with E-state index in [-0.39, 0.29) is 11.8 Å². The third kappa shape index (κ3) is 3.32. The summed E-state index contributed by atoms with van der Waals surface area (Å²) in [6.07, 6.45) is 6.74. The van der Waals surface area contributed by atoms with Crippen LogP contribution in [0, 0.1) is 0 Å². The molecule has 4 rings (SSSR count). The summed E-state index contributed by atoms with van der Waals surface area (Å²) in [5.74, 6) is 3.26. The van der Waals surface area contributed by atoms with Gasteiger partial charge in [-0.05, 0) is 43.9 Å². The predicted octanol–water partition coefficient (Wildman–Crippen LogP) is 3.03. The van der Waals surface area contributed by atoms with Crippen LogP contribution in [0.15, 0.2) is 24.3 Å². The minimum atomic E-state index is 0.0733. The first-order valence-electron chi connectivity index (χ1n) is 9.61. The van der Waals surface area contributed by atoms with Gasteiger partial charge in [0.2, 0.25) is 0 Å². The second kappa shape index (κ2) is 7.48. The highest BCUT2D eigenvalue weighted by Gasteiger charge is 2.30. The van der Waals surface area contributed by atoms with E-state index in [0.717, 1.165) is 44.0 Å². The molecule has 6 nitrogen and oxygen atoms in total. The average Bonchev–Trinajstić information content (AvgIpc) is 2.96. The van der Waals surface area contributed by atoms with E-state index in [1.165, 1.54) is 19.3 Å². The molecule has 1 unspecified atom stereocenters. The number of nitrogens with zero attached hydrogens (tertiary/aromatic N) is 4. The molecule has 2 aliphatic heterocycles. The fraction of sp³-hybridized carbons (Fsp3) is 0.550. The summed E-state index contributed by atoms with van der Waals surface area (Å²) in [6.45, 7) is 2.53. The molecular formula is C20H26N4O2. The van der Waals surface area contributed by atoms with Crippen LogP contribution < -0.4 is 4.74 Å². The zero-order valence-corrected chi connectivity index (χ0v) is 15.4. The van der Waals surface area contributed by atoms with E-state index in [9.17, 15) is 4.79 Å². The Morgan fingerprint density at radius 2 is 2.08 bits per heavy atom. The van der Waals surface area contributed by atoms with Gasteiger partial charge in [-0.1, -0.05) is 12.5 Å². The number of likely N-dealkylation sites (tertiary alicyclic amines) is 1. The number of carbonyl (C=O) groups is 1. The molecule has 0 spiro atoms. The molecule has 1 aromatic heterocycles. The Kier molecular flexibility index (Phi) is 4.91. The normalized spacial score (nSPS) is 20.3. The van der Waals surface area contributed by atoms with Gasteiger partial charge in [0.05, 0.1) is 7.11 Å². The molecule has 2 aliphatic rings. The molecule has 0 saturated carbocycles. The number of hydrogen-bond donors (Lipinski definition) is 0. The lowest BCUT2D eigenvalue weighted by molar-refractivity contribution is 0.0702. The maximum Gasteiger partial charge on any atom is 0.254 e. The van der Waals surface area contributed by atoms with E-state index in [1.54, 1.807) is 7.11 Å². The van der Waals surface area contributed by atoms with Crippen molar-refractivity contribution in [3.8, 4) is 5.75 Å². The Hall–Kier alpha value is -2.37. The monoisotopic (exact) mass is 354 g/mol. The number of methoxy groups -OCH3 is 1. The second-order valence-electron chi connectivity index (χ2n) is 7.26. The van der Waals surface area contributed by atoms with Crippen molar-refractivity contribution in [2.24, 2.45) is 0 Å². The number of aromatic nitrogens is 3. The maximum atomic E-state index is 13.0. The lowest BCUT2D eigenvalue weighted by Gasteiger charge is -2.32. The first kappa shape index (κ1) is 17.1. The highest BCUT2D eigenvalue weighted by molar-refractivity contribution is 5.94. The minimum absolute atomic E-state index is 0.0733. The van der Waals surface area contributed by atoms with Crippen molar-refractivity contribution in [1.82, 2.24) is 19.7 Å². The number of fused-ring (bicyclic) bond motifs is 1. The van der Waals surface area contributed by atoms with Gasteiger partial charge in [0.1, 0.15) is 17.4 Å². The van der Waals surface area contributed by atoms with E-state index in [0.29, 0.717) is 17.9 Å². The van der Waals surface area contributed by atoms with Gasteiger partial charge in [0, 0.05) is 37.5 Å². The summed E-state index contributed by atoms with van der Waals surface area (Å²) in [7, 11) is 1.62. The number of piperidine rings is 1. The molecular weight excluding hydrogens is 328 g/mol. The molecule has 2 aromatic rings. The van der Waals surface area contributed by atoms with Crippen molar-refractivity contribution in [1.29, 1.82) is 0 Å². The van der Waals surface area contributed by atoms with Crippen molar-refractivity contribution in [2.45, 2.75) is 51.0 Å². The molecule has 0 bridgehead atoms. The predicted molar refractivity (Wildman–Crippen MR) is 98.4 cm³/mol. The van der Waals surface area contributed by atoms with Crippen LogP contribution in [0.3, 0.4) is 0 Å². The first-order valence-corrected chi connectivity index (χ1v) is 9.61. The fourth-order valence-corrected chi connectivity index (χ4v) is 4.12. The molecule has 0 N–H and O–H groups in total. The van der Waals surface area contributed by atoms with Crippen molar-refractivity contribution in [3.05, 3.63) is 41.5 Å². The van der Waals surface area contributed by atoms with Crippen LogP contribution in [0.5, 0.6) is 5.75 Å². The molecule has 26 heavy (non-hydrogen) atoms. The summed E-state index contributed by atoms with van der Waals surface area (Å²) in [5.41, 5.74) is 0.685. The maximum absolute atomic E-state index is 13.0. The lowest BCUT2D eigenvalue weighted by Crippen LogP contribution is -2.39. The van der Waals surface area contributed by atoms with E-state index in [1.807, 2.05) is 29.2 Å². The van der Waals surface area contributed by atoms with Crippen molar-refractivity contribution >= 4 is 5.91 Å². The van der Waals surface area contributed by atoms with Gasteiger partial charge in [-0.2, -0.15) is 0 Å². The molecule has 1 fully saturated rings. The van der Waals surface area contributed by atoms with E-state index in [4.69, 9.17) is 4.74 Å². The topological polar surface area (TPSA) is 60.2 Å². The van der Waals surface area contributed by atoms with Gasteiger partial charge < -0.3 is 14.2 Å². The summed E-state index contributed by atoms with van der Waals surface area (Å²) in [4.78, 5) is 14.9. The molecule has 1 aromatic carbocycles. The smallest absolute Gasteiger partial charge is 0.254 e. The van der Waals surface area contributed by atoms with Gasteiger partial charge in [0.15, 0.2) is 0 Å². The molecule has 1 amide bonds. The van der Waals surface area contributed by atoms with Gasteiger partial charge in [-0.15, -0.1) is 10.2 Å². The molecule has 1 saturated heterocycles. The van der Waals surface area contributed by atoms with E-state index in [2.05, 4.69) is 14.8 Å². The van der Waals surface area contributed by atoms with Crippen LogP contribution in [0.1, 0.15) is 60.0 Å². The van der Waals surface area contributed by atoms with Crippen LogP contribution >= 0.6 is 0 Å². The standard InChI is InChI=1S/C20H26N4O2/c1-26-17-9-5-7-15(13-17)20(25)23-11-6-8-16(14-23)19-22-21-18-10-3-2-4-12-24(18)19/h5,7,9,13,16H,2-4,6,8,10-12,14H2,1H3. The van der Waals surface area contributed by atoms with Crippen molar-refractivity contribution in [2.75, 3.05) is 20.2 Å². The van der Waals surface area contributed by atoms with Crippen LogP contribution in [-0.2, 0) is 13.0 Å². The second-order valence-corrected chi connectivity index (χ2v) is 7.26. The number of hydrogen-bond acceptors (Lipinski definition) is 4. The van der Waals surface area contributed by atoms with Gasteiger partial charge in [-0.3, -0.25) is 4.79 Å². The van der Waals surface area contributed by atoms with E-state index >= 15 is 0 Å². The molecule has 0 radical (unpaired) electrons. The van der Waals surface area contributed by atoms with Crippen LogP contribution in [0.2, 0.25) is 0 Å². The highest BCUT2D eigenvalue weighted by Crippen LogP contribution is 2.29. The zero-order chi connectivity index (χ0) is 17.9. The Bertz CT molecular complexity index is 786. The van der Waals surface area contributed by atoms with Crippen LogP contribution in [-0.4, -0.2) is 45.8 Å². The number of aryl methyl sites for hydroxylation is 1. The van der Waals surface area contributed by atoms with Gasteiger partial charge in [-0.25, -0.2) is 0 Å². The van der Waals surface area contributed by atoms with Gasteiger partial charge in [0.25, 0.3) is 5.91 Å². The highest BCUT2D eigenvalue weighted by atomic mass is 16.5. The number of amides is 1. The first-order chi connectivity index (χ1) is 12.8. The SMILES string of the molecule is COc1cccc(C(=O)N2CCCC(c3nnc4n3CCCCC4)C2)c1. The lowest BCUT2D eigenvalue weighted by atomic mass is 9.96. The van der Waals surface area contributed by atoms with Gasteiger partial charge >= 0.3 is 0 Å². The molecule has 0 aliphatic carbocycles. The zero-order valence-electron chi connectivity index (χ0n) is 15.4. The number of ether oxygens (including phenoxy) is 1. The molecule has 1 atom stereocenters. The number of rotatable bonds is 3. The Balaban J connectivity index is 1.52. The Morgan fingerprint density at radius 1 is 1.15 bits per heavy atom. The molecule has 138 valence electrons. The van der Waals surface area contributed by atoms with E-state index < -0.39 is 0 Å². The molecule has 3 heterocycles. The number of benzene rings is 1. The Morgan fingerprint density at radius 3 is 2.96 bits per heavy atom. The molecule has 6 heteroatoms. The fourth-order valence-electron chi connectivity index (χ4n) is 4.12. The summed E-state index contributed by atoms with van der Waals surface area (Å²) < 4.78 is 7.57.